The van der Waals surface area contributed by atoms with E-state index in [-0.39, 0.29) is 0 Å². The van der Waals surface area contributed by atoms with Gasteiger partial charge in [-0.1, -0.05) is 44.8 Å². The molecular formula is C23H35F3N2O2. The Hall–Kier alpha value is -2.31. The number of nitrogen functional groups attached to an aromatic ring is 1. The number of aromatic nitrogens is 1. The summed E-state index contributed by atoms with van der Waals surface area (Å²) in [5.74, 6) is 1.68. The number of benzene rings is 1. The van der Waals surface area contributed by atoms with Crippen molar-refractivity contribution in [1.29, 1.82) is 0 Å². The number of hydrogen-bond acceptors (Lipinski definition) is 4. The van der Waals surface area contributed by atoms with Crippen molar-refractivity contribution in [3.05, 3.63) is 46.6 Å². The van der Waals surface area contributed by atoms with Gasteiger partial charge >= 0.3 is 6.18 Å². The lowest BCUT2D eigenvalue weighted by Crippen LogP contribution is -2.05. The Balaban J connectivity index is 0.000000505. The maximum Gasteiger partial charge on any atom is 0.416 e. The Kier molecular flexibility index (Phi) is 12.8. The summed E-state index contributed by atoms with van der Waals surface area (Å²) in [5, 5.41) is 4.01. The number of aldehydes is 1. The van der Waals surface area contributed by atoms with Crippen LogP contribution in [0.1, 0.15) is 81.7 Å². The second-order valence-corrected chi connectivity index (χ2v) is 7.64. The third-order valence-corrected chi connectivity index (χ3v) is 4.53. The van der Waals surface area contributed by atoms with Crippen molar-refractivity contribution in [3.8, 4) is 0 Å². The fourth-order valence-electron chi connectivity index (χ4n) is 2.74. The molecule has 170 valence electrons. The van der Waals surface area contributed by atoms with Gasteiger partial charge in [0, 0.05) is 12.0 Å². The van der Waals surface area contributed by atoms with Crippen LogP contribution in [0.4, 0.5) is 19.1 Å². The summed E-state index contributed by atoms with van der Waals surface area (Å²) in [6.07, 6.45) is 1.28. The molecule has 0 radical (unpaired) electrons. The van der Waals surface area contributed by atoms with Crippen LogP contribution in [-0.4, -0.2) is 11.4 Å². The Morgan fingerprint density at radius 1 is 1.10 bits per heavy atom. The van der Waals surface area contributed by atoms with Crippen molar-refractivity contribution in [2.45, 2.75) is 79.3 Å². The van der Waals surface area contributed by atoms with Gasteiger partial charge in [0.25, 0.3) is 0 Å². The summed E-state index contributed by atoms with van der Waals surface area (Å²) in [4.78, 5) is 8.81. The zero-order valence-corrected chi connectivity index (χ0v) is 18.8. The molecule has 0 spiro atoms. The standard InChI is InChI=1S/C12H22N2O.C9H9F3.C2H4O/c1-4-5-10(7-6-9(2)3)11-8-12(13)15-14-11;1-6-3-4-8(5-7(6)2)9(10,11)12;1-2-3/h8-10H,4-7,13H2,1-3H3;3-5H,1-2H3;2H,1H3. The molecule has 7 heteroatoms. The van der Waals surface area contributed by atoms with E-state index in [1.807, 2.05) is 6.07 Å². The maximum atomic E-state index is 12.1. The smallest absolute Gasteiger partial charge is 0.368 e. The number of carbonyl (C=O) groups excluding carboxylic acids is 1. The van der Waals surface area contributed by atoms with Crippen LogP contribution in [0.5, 0.6) is 0 Å². The lowest BCUT2D eigenvalue weighted by Gasteiger charge is -2.14. The van der Waals surface area contributed by atoms with E-state index >= 15 is 0 Å². The number of nitrogens with two attached hydrogens (primary N) is 1. The van der Waals surface area contributed by atoms with Crippen LogP contribution in [0.3, 0.4) is 0 Å². The van der Waals surface area contributed by atoms with E-state index in [0.717, 1.165) is 35.6 Å². The highest BCUT2D eigenvalue weighted by atomic mass is 19.4. The topological polar surface area (TPSA) is 69.1 Å². The van der Waals surface area contributed by atoms with E-state index in [1.54, 1.807) is 13.8 Å². The molecule has 0 saturated carbocycles. The van der Waals surface area contributed by atoms with E-state index in [1.165, 1.54) is 38.7 Å². The van der Waals surface area contributed by atoms with Crippen molar-refractivity contribution >= 4 is 12.2 Å². The first kappa shape index (κ1) is 27.7. The highest BCUT2D eigenvalue weighted by Gasteiger charge is 2.30. The molecule has 1 atom stereocenters. The van der Waals surface area contributed by atoms with Gasteiger partial charge in [0.2, 0.25) is 5.88 Å². The normalized spacial score (nSPS) is 11.8. The average Bonchev–Trinajstić information content (AvgIpc) is 3.07. The monoisotopic (exact) mass is 428 g/mol. The number of carbonyl (C=O) groups is 1. The largest absolute Gasteiger partial charge is 0.416 e. The third kappa shape index (κ3) is 11.0. The molecule has 0 bridgehead atoms. The van der Waals surface area contributed by atoms with Crippen LogP contribution in [-0.2, 0) is 11.0 Å². The molecule has 0 fully saturated rings. The van der Waals surface area contributed by atoms with Crippen molar-refractivity contribution in [1.82, 2.24) is 5.16 Å². The van der Waals surface area contributed by atoms with E-state index in [4.69, 9.17) is 15.1 Å². The van der Waals surface area contributed by atoms with Crippen molar-refractivity contribution in [2.24, 2.45) is 5.92 Å². The van der Waals surface area contributed by atoms with Gasteiger partial charge in [-0.05, 0) is 62.8 Å². The minimum absolute atomic E-state index is 0.427. The van der Waals surface area contributed by atoms with Gasteiger partial charge in [-0.2, -0.15) is 13.2 Å². The molecule has 0 aliphatic rings. The van der Waals surface area contributed by atoms with E-state index < -0.39 is 11.7 Å². The number of halogens is 3. The molecule has 4 nitrogen and oxygen atoms in total. The average molecular weight is 429 g/mol. The highest BCUT2D eigenvalue weighted by molar-refractivity contribution is 5.44. The van der Waals surface area contributed by atoms with Gasteiger partial charge in [-0.25, -0.2) is 0 Å². The van der Waals surface area contributed by atoms with Crippen LogP contribution in [0.2, 0.25) is 0 Å². The predicted molar refractivity (Wildman–Crippen MR) is 115 cm³/mol. The molecule has 2 aromatic rings. The van der Waals surface area contributed by atoms with Gasteiger partial charge in [0.15, 0.2) is 0 Å². The second-order valence-electron chi connectivity index (χ2n) is 7.64. The minimum atomic E-state index is -4.22. The molecule has 2 rings (SSSR count). The van der Waals surface area contributed by atoms with Crippen molar-refractivity contribution < 1.29 is 22.5 Å². The summed E-state index contributed by atoms with van der Waals surface area (Å²) >= 11 is 0. The fraction of sp³-hybridized carbons (Fsp3) is 0.565. The zero-order chi connectivity index (χ0) is 23.3. The molecule has 30 heavy (non-hydrogen) atoms. The van der Waals surface area contributed by atoms with E-state index in [0.29, 0.717) is 17.4 Å². The van der Waals surface area contributed by atoms with Crippen LogP contribution in [0.25, 0.3) is 0 Å². The van der Waals surface area contributed by atoms with Crippen molar-refractivity contribution in [3.63, 3.8) is 0 Å². The SMILES string of the molecule is CC=O.CCCC(CCC(C)C)c1cc(N)on1.Cc1ccc(C(F)(F)F)cc1C. The Bertz CT molecular complexity index is 740. The molecule has 1 heterocycles. The number of rotatable bonds is 6. The fourth-order valence-corrected chi connectivity index (χ4v) is 2.74. The Morgan fingerprint density at radius 2 is 1.70 bits per heavy atom. The predicted octanol–water partition coefficient (Wildman–Crippen LogP) is 7.10. The number of aryl methyl sites for hydroxylation is 2. The molecular weight excluding hydrogens is 393 g/mol. The molecule has 1 unspecified atom stereocenters. The third-order valence-electron chi connectivity index (χ3n) is 4.53. The maximum absolute atomic E-state index is 12.1. The Labute approximate surface area is 178 Å². The van der Waals surface area contributed by atoms with Crippen LogP contribution in [0, 0.1) is 19.8 Å². The number of alkyl halides is 3. The molecule has 0 saturated heterocycles. The molecule has 1 aromatic heterocycles. The van der Waals surface area contributed by atoms with E-state index in [2.05, 4.69) is 25.9 Å². The van der Waals surface area contributed by atoms with Crippen LogP contribution in [0.15, 0.2) is 28.8 Å². The second kappa shape index (κ2) is 13.8. The van der Waals surface area contributed by atoms with Gasteiger partial charge in [-0.3, -0.25) is 0 Å². The minimum Gasteiger partial charge on any atom is -0.368 e. The lowest BCUT2D eigenvalue weighted by atomic mass is 9.91. The highest BCUT2D eigenvalue weighted by Crippen LogP contribution is 2.30. The van der Waals surface area contributed by atoms with Gasteiger partial charge in [-0.15, -0.1) is 0 Å². The quantitative estimate of drug-likeness (QED) is 0.498. The van der Waals surface area contributed by atoms with Gasteiger partial charge in [0.05, 0.1) is 11.3 Å². The molecule has 0 aliphatic heterocycles. The summed E-state index contributed by atoms with van der Waals surface area (Å²) in [7, 11) is 0. The first-order valence-electron chi connectivity index (χ1n) is 10.2. The Morgan fingerprint density at radius 3 is 2.10 bits per heavy atom. The number of hydrogen-bond donors (Lipinski definition) is 1. The van der Waals surface area contributed by atoms with Crippen molar-refractivity contribution in [2.75, 3.05) is 5.73 Å². The molecule has 0 amide bonds. The number of anilines is 1. The molecule has 1 aromatic carbocycles. The summed E-state index contributed by atoms with van der Waals surface area (Å²) in [5.41, 5.74) is 7.53. The first-order valence-corrected chi connectivity index (χ1v) is 10.2. The molecule has 0 aliphatic carbocycles. The first-order chi connectivity index (χ1) is 14.0. The van der Waals surface area contributed by atoms with E-state index in [9.17, 15) is 13.2 Å². The van der Waals surface area contributed by atoms with Crippen LogP contribution >= 0.6 is 0 Å². The summed E-state index contributed by atoms with van der Waals surface area (Å²) in [6.45, 7) is 11.6. The molecule has 2 N–H and O–H groups in total. The van der Waals surface area contributed by atoms with Crippen LogP contribution < -0.4 is 5.73 Å². The zero-order valence-electron chi connectivity index (χ0n) is 18.8. The summed E-state index contributed by atoms with van der Waals surface area (Å²) < 4.78 is 41.2. The lowest BCUT2D eigenvalue weighted by molar-refractivity contribution is -0.137. The van der Waals surface area contributed by atoms with Gasteiger partial charge < -0.3 is 15.1 Å². The number of nitrogens with zero attached hydrogens (tertiary/aromatic N) is 1. The summed E-state index contributed by atoms with van der Waals surface area (Å²) in [6, 6.07) is 5.61. The van der Waals surface area contributed by atoms with Gasteiger partial charge in [0.1, 0.15) is 6.29 Å².